The minimum absolute atomic E-state index is 0.0130. The molecule has 10 nitrogen and oxygen atoms in total. The fraction of sp³-hybridized carbons (Fsp3) is 0.345. The van der Waals surface area contributed by atoms with Crippen molar-refractivity contribution in [3.05, 3.63) is 72.3 Å². The van der Waals surface area contributed by atoms with Crippen molar-refractivity contribution in [2.24, 2.45) is 0 Å². The Morgan fingerprint density at radius 2 is 2.00 bits per heavy atom. The third kappa shape index (κ3) is 6.49. The number of hydroxylamine groups is 1. The van der Waals surface area contributed by atoms with Gasteiger partial charge in [0.25, 0.3) is 0 Å². The maximum Gasteiger partial charge on any atom is 0.419 e. The van der Waals surface area contributed by atoms with Crippen LogP contribution in [-0.4, -0.2) is 55.4 Å². The molecule has 5 rings (SSSR count). The van der Waals surface area contributed by atoms with Gasteiger partial charge in [-0.15, -0.1) is 0 Å². The van der Waals surface area contributed by atoms with Crippen LogP contribution >= 0.6 is 0 Å². The van der Waals surface area contributed by atoms with Gasteiger partial charge < -0.3 is 25.0 Å². The molecular formula is C29H30F4N6O4. The van der Waals surface area contributed by atoms with Gasteiger partial charge in [-0.05, 0) is 25.1 Å². The van der Waals surface area contributed by atoms with Gasteiger partial charge in [0.15, 0.2) is 5.82 Å². The topological polar surface area (TPSA) is 101 Å². The Morgan fingerprint density at radius 3 is 2.72 bits per heavy atom. The zero-order valence-electron chi connectivity index (χ0n) is 23.4. The van der Waals surface area contributed by atoms with Crippen LogP contribution in [0.15, 0.2) is 55.4 Å². The average Bonchev–Trinajstić information content (AvgIpc) is 3.47. The molecule has 14 heteroatoms. The number of anilines is 5. The van der Waals surface area contributed by atoms with Crippen molar-refractivity contribution in [1.82, 2.24) is 9.97 Å². The highest BCUT2D eigenvalue weighted by Gasteiger charge is 2.38. The van der Waals surface area contributed by atoms with Gasteiger partial charge >= 0.3 is 6.18 Å². The molecule has 1 amide bonds. The summed E-state index contributed by atoms with van der Waals surface area (Å²) in [5, 5.41) is 7.27. The van der Waals surface area contributed by atoms with Crippen molar-refractivity contribution >= 4 is 34.6 Å². The summed E-state index contributed by atoms with van der Waals surface area (Å²) in [4.78, 5) is 28.5. The molecule has 3 aromatic rings. The van der Waals surface area contributed by atoms with Crippen LogP contribution in [0.1, 0.15) is 30.5 Å². The number of nitrogens with zero attached hydrogens (tertiary/aromatic N) is 4. The predicted molar refractivity (Wildman–Crippen MR) is 152 cm³/mol. The maximum absolute atomic E-state index is 15.0. The largest absolute Gasteiger partial charge is 0.494 e. The SMILES string of the molecule is C=CC(=O)Nc1cc(Nc2cc(N3OCC[C@@H]3c3cccc(C(F)(F)F)c3F)ncn2)c(OC)cc1N1CCO[C@H](C)C1. The zero-order valence-corrected chi connectivity index (χ0v) is 23.4. The number of halogens is 4. The van der Waals surface area contributed by atoms with Gasteiger partial charge in [0, 0.05) is 37.2 Å². The van der Waals surface area contributed by atoms with Crippen LogP contribution in [0.4, 0.5) is 46.3 Å². The molecule has 2 aromatic carbocycles. The van der Waals surface area contributed by atoms with Crippen molar-refractivity contribution < 1.29 is 36.7 Å². The van der Waals surface area contributed by atoms with E-state index >= 15 is 0 Å². The fourth-order valence-corrected chi connectivity index (χ4v) is 5.10. The standard InChI is InChI=1S/C29H30F4N6O4/c1-4-27(40)37-20-12-21(24(41-3)13-23(20)38-9-11-42-17(2)15-38)36-25-14-26(35-16-34-25)39-22(8-10-43-39)18-6-5-7-19(28(18)30)29(31,32)33/h4-7,12-14,16-17,22H,1,8-11,15H2,2-3H3,(H,37,40)(H,34,35,36)/t17-,22-/m1/s1. The summed E-state index contributed by atoms with van der Waals surface area (Å²) in [6.45, 7) is 7.37. The fourth-order valence-electron chi connectivity index (χ4n) is 5.10. The number of aromatic nitrogens is 2. The van der Waals surface area contributed by atoms with Crippen LogP contribution in [0.2, 0.25) is 0 Å². The van der Waals surface area contributed by atoms with Crippen LogP contribution in [0.5, 0.6) is 5.75 Å². The van der Waals surface area contributed by atoms with E-state index in [2.05, 4.69) is 32.1 Å². The van der Waals surface area contributed by atoms with Crippen LogP contribution < -0.4 is 25.3 Å². The van der Waals surface area contributed by atoms with Crippen LogP contribution in [0.3, 0.4) is 0 Å². The smallest absolute Gasteiger partial charge is 0.419 e. The Labute approximate surface area is 245 Å². The Balaban J connectivity index is 1.46. The Hall–Kier alpha value is -4.43. The van der Waals surface area contributed by atoms with Gasteiger partial charge in [0.05, 0.1) is 55.1 Å². The Morgan fingerprint density at radius 1 is 1.19 bits per heavy atom. The predicted octanol–water partition coefficient (Wildman–Crippen LogP) is 5.62. The minimum Gasteiger partial charge on any atom is -0.494 e. The van der Waals surface area contributed by atoms with E-state index in [1.54, 1.807) is 12.1 Å². The summed E-state index contributed by atoms with van der Waals surface area (Å²) in [6.07, 6.45) is -2.20. The minimum atomic E-state index is -4.84. The lowest BCUT2D eigenvalue weighted by atomic mass is 10.0. The van der Waals surface area contributed by atoms with Crippen molar-refractivity contribution in [2.75, 3.05) is 54.0 Å². The summed E-state index contributed by atoms with van der Waals surface area (Å²) >= 11 is 0. The van der Waals surface area contributed by atoms with E-state index in [1.165, 1.54) is 42.8 Å². The molecule has 2 aliphatic rings. The number of morpholine rings is 1. The third-order valence-electron chi connectivity index (χ3n) is 7.08. The van der Waals surface area contributed by atoms with Crippen LogP contribution in [0.25, 0.3) is 0 Å². The summed E-state index contributed by atoms with van der Waals surface area (Å²) in [6, 6.07) is 7.33. The van der Waals surface area contributed by atoms with Gasteiger partial charge in [0.1, 0.15) is 23.7 Å². The first kappa shape index (κ1) is 30.0. The first-order valence-electron chi connectivity index (χ1n) is 13.5. The molecule has 2 atom stereocenters. The van der Waals surface area contributed by atoms with E-state index in [1.807, 2.05) is 6.92 Å². The molecule has 0 spiro atoms. The number of carbonyl (C=O) groups is 1. The lowest BCUT2D eigenvalue weighted by Crippen LogP contribution is -2.41. The quantitative estimate of drug-likeness (QED) is 0.251. The normalized spacial score (nSPS) is 18.8. The van der Waals surface area contributed by atoms with Crippen molar-refractivity contribution in [3.8, 4) is 5.75 Å². The summed E-state index contributed by atoms with van der Waals surface area (Å²) < 4.78 is 66.4. The van der Waals surface area contributed by atoms with Crippen molar-refractivity contribution in [3.63, 3.8) is 0 Å². The highest BCUT2D eigenvalue weighted by molar-refractivity contribution is 6.02. The number of hydrogen-bond acceptors (Lipinski definition) is 9. The highest BCUT2D eigenvalue weighted by Crippen LogP contribution is 2.41. The molecule has 3 heterocycles. The van der Waals surface area contributed by atoms with E-state index in [0.29, 0.717) is 42.9 Å². The third-order valence-corrected chi connectivity index (χ3v) is 7.08. The van der Waals surface area contributed by atoms with Crippen molar-refractivity contribution in [1.29, 1.82) is 0 Å². The number of nitrogens with one attached hydrogen (secondary N) is 2. The van der Waals surface area contributed by atoms with Gasteiger partial charge in [-0.1, -0.05) is 18.7 Å². The van der Waals surface area contributed by atoms with Gasteiger partial charge in [-0.3, -0.25) is 9.63 Å². The van der Waals surface area contributed by atoms with Crippen LogP contribution in [0, 0.1) is 5.82 Å². The molecular weight excluding hydrogens is 572 g/mol. The van der Waals surface area contributed by atoms with E-state index in [-0.39, 0.29) is 36.3 Å². The lowest BCUT2D eigenvalue weighted by molar-refractivity contribution is -0.140. The lowest BCUT2D eigenvalue weighted by Gasteiger charge is -2.34. The first-order chi connectivity index (χ1) is 20.6. The van der Waals surface area contributed by atoms with Crippen LogP contribution in [-0.2, 0) is 20.5 Å². The average molecular weight is 603 g/mol. The Kier molecular flexibility index (Phi) is 8.69. The van der Waals surface area contributed by atoms with Gasteiger partial charge in [0.2, 0.25) is 5.91 Å². The molecule has 0 unspecified atom stereocenters. The monoisotopic (exact) mass is 602 g/mol. The molecule has 228 valence electrons. The molecule has 2 saturated heterocycles. The number of rotatable bonds is 8. The first-order valence-corrected chi connectivity index (χ1v) is 13.5. The highest BCUT2D eigenvalue weighted by atomic mass is 19.4. The summed E-state index contributed by atoms with van der Waals surface area (Å²) in [7, 11) is 1.51. The molecule has 0 bridgehead atoms. The molecule has 2 aliphatic heterocycles. The molecule has 2 N–H and O–H groups in total. The number of methoxy groups -OCH3 is 1. The van der Waals surface area contributed by atoms with E-state index in [9.17, 15) is 22.4 Å². The zero-order chi connectivity index (χ0) is 30.7. The number of carbonyl (C=O) groups excluding carboxylic acids is 1. The molecule has 0 aliphatic carbocycles. The number of ether oxygens (including phenoxy) is 2. The second-order valence-electron chi connectivity index (χ2n) is 9.95. The number of hydrogen-bond donors (Lipinski definition) is 2. The van der Waals surface area contributed by atoms with E-state index < -0.39 is 29.5 Å². The number of amides is 1. The second-order valence-corrected chi connectivity index (χ2v) is 9.95. The number of benzene rings is 2. The molecule has 1 aromatic heterocycles. The number of alkyl halides is 3. The van der Waals surface area contributed by atoms with Gasteiger partial charge in [-0.25, -0.2) is 19.4 Å². The summed E-state index contributed by atoms with van der Waals surface area (Å²) in [5.74, 6) is -0.809. The Bertz CT molecular complexity index is 1500. The summed E-state index contributed by atoms with van der Waals surface area (Å²) in [5.41, 5.74) is 0.188. The van der Waals surface area contributed by atoms with E-state index in [0.717, 1.165) is 5.69 Å². The maximum atomic E-state index is 15.0. The van der Waals surface area contributed by atoms with Gasteiger partial charge in [-0.2, -0.15) is 13.2 Å². The molecule has 0 radical (unpaired) electrons. The van der Waals surface area contributed by atoms with Crippen molar-refractivity contribution in [2.45, 2.75) is 31.7 Å². The van der Waals surface area contributed by atoms with E-state index in [4.69, 9.17) is 14.3 Å². The molecule has 43 heavy (non-hydrogen) atoms. The molecule has 0 saturated carbocycles. The second kappa shape index (κ2) is 12.4. The molecule has 2 fully saturated rings.